The van der Waals surface area contributed by atoms with Crippen LogP contribution in [0.3, 0.4) is 0 Å². The van der Waals surface area contributed by atoms with Crippen molar-refractivity contribution in [2.45, 2.75) is 13.2 Å². The molecular formula is C15H14ClF2NO. The topological polar surface area (TPSA) is 21.3 Å². The normalized spacial score (nSPS) is 10.6. The molecule has 0 fully saturated rings. The van der Waals surface area contributed by atoms with Gasteiger partial charge >= 0.3 is 0 Å². The number of nitrogens with one attached hydrogen (secondary N) is 1. The van der Waals surface area contributed by atoms with E-state index in [1.54, 1.807) is 7.11 Å². The fourth-order valence-electron chi connectivity index (χ4n) is 1.82. The average molecular weight is 298 g/mol. The molecule has 0 atom stereocenters. The number of rotatable bonds is 5. The molecule has 0 aliphatic carbocycles. The first-order chi connectivity index (χ1) is 9.60. The van der Waals surface area contributed by atoms with Crippen LogP contribution in [-0.2, 0) is 17.9 Å². The molecule has 0 bridgehead atoms. The Balaban J connectivity index is 2.05. The zero-order valence-corrected chi connectivity index (χ0v) is 11.7. The van der Waals surface area contributed by atoms with Gasteiger partial charge in [-0.1, -0.05) is 35.9 Å². The molecule has 0 aliphatic heterocycles. The Labute approximate surface area is 121 Å². The lowest BCUT2D eigenvalue weighted by Gasteiger charge is -2.10. The van der Waals surface area contributed by atoms with Crippen molar-refractivity contribution < 1.29 is 13.5 Å². The molecule has 2 aromatic carbocycles. The van der Waals surface area contributed by atoms with E-state index in [1.807, 2.05) is 24.3 Å². The van der Waals surface area contributed by atoms with Crippen LogP contribution < -0.4 is 5.32 Å². The third kappa shape index (κ3) is 3.68. The van der Waals surface area contributed by atoms with Gasteiger partial charge in [0.25, 0.3) is 0 Å². The van der Waals surface area contributed by atoms with Gasteiger partial charge in [-0.25, -0.2) is 8.78 Å². The third-order valence-corrected chi connectivity index (χ3v) is 3.11. The molecule has 0 saturated carbocycles. The van der Waals surface area contributed by atoms with E-state index in [9.17, 15) is 8.78 Å². The van der Waals surface area contributed by atoms with Crippen LogP contribution in [0.4, 0.5) is 14.5 Å². The number of ether oxygens (including phenoxy) is 1. The molecule has 5 heteroatoms. The summed E-state index contributed by atoms with van der Waals surface area (Å²) in [6.07, 6.45) is 0. The van der Waals surface area contributed by atoms with Crippen molar-refractivity contribution in [2.75, 3.05) is 12.4 Å². The van der Waals surface area contributed by atoms with Crippen LogP contribution in [0, 0.1) is 11.6 Å². The second-order valence-electron chi connectivity index (χ2n) is 4.35. The molecule has 0 aliphatic rings. The molecule has 2 aromatic rings. The molecule has 106 valence electrons. The maximum absolute atomic E-state index is 13.6. The lowest BCUT2D eigenvalue weighted by molar-refractivity contribution is 0.185. The van der Waals surface area contributed by atoms with Gasteiger partial charge < -0.3 is 10.1 Å². The number of benzene rings is 2. The molecule has 0 spiro atoms. The summed E-state index contributed by atoms with van der Waals surface area (Å²) in [6.45, 7) is 0.946. The van der Waals surface area contributed by atoms with Gasteiger partial charge in [0, 0.05) is 19.7 Å². The van der Waals surface area contributed by atoms with E-state index in [0.29, 0.717) is 13.2 Å². The zero-order chi connectivity index (χ0) is 14.5. The highest BCUT2D eigenvalue weighted by Gasteiger charge is 2.09. The minimum Gasteiger partial charge on any atom is -0.380 e. The lowest BCUT2D eigenvalue weighted by atomic mass is 10.1. The lowest BCUT2D eigenvalue weighted by Crippen LogP contribution is -2.03. The minimum absolute atomic E-state index is 0.0264. The van der Waals surface area contributed by atoms with Crippen molar-refractivity contribution in [2.24, 2.45) is 0 Å². The predicted octanol–water partition coefficient (Wildman–Crippen LogP) is 4.38. The molecule has 2 rings (SSSR count). The van der Waals surface area contributed by atoms with Crippen LogP contribution in [0.15, 0.2) is 36.4 Å². The zero-order valence-electron chi connectivity index (χ0n) is 10.9. The summed E-state index contributed by atoms with van der Waals surface area (Å²) in [5.41, 5.74) is 2.13. The maximum atomic E-state index is 13.6. The Hall–Kier alpha value is -1.65. The molecule has 20 heavy (non-hydrogen) atoms. The van der Waals surface area contributed by atoms with Gasteiger partial charge in [-0.2, -0.15) is 0 Å². The van der Waals surface area contributed by atoms with E-state index in [0.717, 1.165) is 23.3 Å². The van der Waals surface area contributed by atoms with Crippen LogP contribution in [0.1, 0.15) is 11.1 Å². The average Bonchev–Trinajstić information content (AvgIpc) is 2.39. The first kappa shape index (κ1) is 14.8. The van der Waals surface area contributed by atoms with Gasteiger partial charge in [0.2, 0.25) is 0 Å². The Morgan fingerprint density at radius 3 is 2.35 bits per heavy atom. The summed E-state index contributed by atoms with van der Waals surface area (Å²) in [7, 11) is 1.63. The van der Waals surface area contributed by atoms with Crippen LogP contribution in [-0.4, -0.2) is 7.11 Å². The monoisotopic (exact) mass is 297 g/mol. The highest BCUT2D eigenvalue weighted by Crippen LogP contribution is 2.26. The van der Waals surface area contributed by atoms with E-state index in [1.165, 1.54) is 0 Å². The summed E-state index contributed by atoms with van der Waals surface area (Å²) in [5.74, 6) is -1.40. The van der Waals surface area contributed by atoms with Crippen LogP contribution >= 0.6 is 11.6 Å². The van der Waals surface area contributed by atoms with Gasteiger partial charge in [0.1, 0.15) is 5.82 Å². The smallest absolute Gasteiger partial charge is 0.150 e. The third-order valence-electron chi connectivity index (χ3n) is 2.81. The van der Waals surface area contributed by atoms with Crippen molar-refractivity contribution in [3.05, 3.63) is 64.2 Å². The molecule has 0 radical (unpaired) electrons. The number of anilines is 1. The van der Waals surface area contributed by atoms with Crippen molar-refractivity contribution in [1.82, 2.24) is 0 Å². The number of methoxy groups -OCH3 is 1. The van der Waals surface area contributed by atoms with Crippen LogP contribution in [0.5, 0.6) is 0 Å². The Morgan fingerprint density at radius 1 is 1.10 bits per heavy atom. The highest BCUT2D eigenvalue weighted by molar-refractivity contribution is 6.33. The van der Waals surface area contributed by atoms with Crippen molar-refractivity contribution >= 4 is 17.3 Å². The van der Waals surface area contributed by atoms with Crippen molar-refractivity contribution in [3.8, 4) is 0 Å². The second-order valence-corrected chi connectivity index (χ2v) is 4.75. The fraction of sp³-hybridized carbons (Fsp3) is 0.200. The number of halogens is 3. The fourth-order valence-corrected chi connectivity index (χ4v) is 2.08. The molecule has 2 nitrogen and oxygen atoms in total. The highest BCUT2D eigenvalue weighted by atomic mass is 35.5. The summed E-state index contributed by atoms with van der Waals surface area (Å²) in [5, 5.41) is 2.90. The minimum atomic E-state index is -0.703. The van der Waals surface area contributed by atoms with Crippen LogP contribution in [0.25, 0.3) is 0 Å². The van der Waals surface area contributed by atoms with Crippen LogP contribution in [0.2, 0.25) is 5.02 Å². The van der Waals surface area contributed by atoms with Gasteiger partial charge in [0.05, 0.1) is 17.3 Å². The van der Waals surface area contributed by atoms with Gasteiger partial charge in [-0.15, -0.1) is 0 Å². The molecule has 0 unspecified atom stereocenters. The first-order valence-electron chi connectivity index (χ1n) is 6.05. The van der Waals surface area contributed by atoms with E-state index in [2.05, 4.69) is 5.32 Å². The molecular weight excluding hydrogens is 284 g/mol. The Kier molecular flexibility index (Phi) is 4.93. The Bertz CT molecular complexity index is 564. The van der Waals surface area contributed by atoms with E-state index in [-0.39, 0.29) is 10.7 Å². The largest absolute Gasteiger partial charge is 0.380 e. The number of hydrogen-bond donors (Lipinski definition) is 1. The number of hydrogen-bond acceptors (Lipinski definition) is 2. The predicted molar refractivity (Wildman–Crippen MR) is 75.8 cm³/mol. The molecule has 0 aromatic heterocycles. The van der Waals surface area contributed by atoms with Gasteiger partial charge in [-0.3, -0.25) is 0 Å². The second kappa shape index (κ2) is 6.68. The molecule has 1 N–H and O–H groups in total. The molecule has 0 saturated heterocycles. The first-order valence-corrected chi connectivity index (χ1v) is 6.43. The van der Waals surface area contributed by atoms with Gasteiger partial charge in [0.15, 0.2) is 5.82 Å². The summed E-state index contributed by atoms with van der Waals surface area (Å²) < 4.78 is 31.5. The summed E-state index contributed by atoms with van der Waals surface area (Å²) >= 11 is 5.81. The standard InChI is InChI=1S/C15H14ClF2NO/c1-20-9-11-4-2-10(3-5-11)8-19-15-13(16)6-12(17)7-14(15)18/h2-7,19H,8-9H2,1H3. The SMILES string of the molecule is COCc1ccc(CNc2c(F)cc(F)cc2Cl)cc1. The van der Waals surface area contributed by atoms with E-state index < -0.39 is 11.6 Å². The Morgan fingerprint density at radius 2 is 1.75 bits per heavy atom. The van der Waals surface area contributed by atoms with Crippen molar-refractivity contribution in [1.29, 1.82) is 0 Å². The quantitative estimate of drug-likeness (QED) is 0.884. The van der Waals surface area contributed by atoms with E-state index in [4.69, 9.17) is 16.3 Å². The molecule has 0 amide bonds. The summed E-state index contributed by atoms with van der Waals surface area (Å²) in [4.78, 5) is 0. The maximum Gasteiger partial charge on any atom is 0.150 e. The summed E-state index contributed by atoms with van der Waals surface area (Å²) in [6, 6.07) is 9.57. The van der Waals surface area contributed by atoms with E-state index >= 15 is 0 Å². The van der Waals surface area contributed by atoms with Crippen molar-refractivity contribution in [3.63, 3.8) is 0 Å². The van der Waals surface area contributed by atoms with Gasteiger partial charge in [-0.05, 0) is 17.2 Å². The molecule has 0 heterocycles.